The Kier molecular flexibility index (Phi) is 21.5. The molecule has 11 N–H and O–H groups in total. The van der Waals surface area contributed by atoms with Crippen LogP contribution in [0, 0.1) is 0 Å². The molecule has 0 saturated carbocycles. The summed E-state index contributed by atoms with van der Waals surface area (Å²) < 4.78 is 0. The van der Waals surface area contributed by atoms with E-state index in [1.54, 1.807) is 6.07 Å². The monoisotopic (exact) mass is 936 g/mol. The summed E-state index contributed by atoms with van der Waals surface area (Å²) in [6.07, 6.45) is 10.5. The quantitative estimate of drug-likeness (QED) is 0.0296. The molecule has 4 rings (SSSR count). The van der Waals surface area contributed by atoms with Crippen molar-refractivity contribution in [2.45, 2.75) is 115 Å². The number of aryl methyl sites for hydroxylation is 1. The van der Waals surface area contributed by atoms with Crippen LogP contribution in [-0.4, -0.2) is 99.5 Å². The highest BCUT2D eigenvalue weighted by Gasteiger charge is 2.34. The van der Waals surface area contributed by atoms with E-state index < -0.39 is 47.7 Å². The number of unbranched alkanes of at least 4 members (excludes halogenated alkanes) is 7. The van der Waals surface area contributed by atoms with E-state index in [0.29, 0.717) is 24.9 Å². The van der Waals surface area contributed by atoms with E-state index in [2.05, 4.69) is 35.0 Å². The molecule has 3 atom stereocenters. The molecule has 0 fully saturated rings. The first kappa shape index (κ1) is 53.8. The Morgan fingerprint density at radius 1 is 0.706 bits per heavy atom. The van der Waals surface area contributed by atoms with E-state index >= 15 is 0 Å². The van der Waals surface area contributed by atoms with Crippen molar-refractivity contribution >= 4 is 35.4 Å². The van der Waals surface area contributed by atoms with Crippen LogP contribution in [0.25, 0.3) is 22.3 Å². The predicted octanol–water partition coefficient (Wildman–Crippen LogP) is 6.02. The number of nitrogens with zero attached hydrogens (tertiary/aromatic N) is 1. The zero-order valence-corrected chi connectivity index (χ0v) is 39.4. The van der Waals surface area contributed by atoms with Crippen molar-refractivity contribution in [1.82, 2.24) is 20.9 Å². The summed E-state index contributed by atoms with van der Waals surface area (Å²) in [4.78, 5) is 79.2. The molecule has 0 heterocycles. The molecule has 0 spiro atoms. The van der Waals surface area contributed by atoms with E-state index in [0.717, 1.165) is 28.9 Å². The number of likely N-dealkylation sites (N-methyl/N-ethyl adjacent to an activating group) is 1. The number of ketones is 1. The normalized spacial score (nSPS) is 12.4. The number of benzene rings is 4. The standard InChI is InChI=1S/C52H68N6O10/c1-4-5-6-7-8-9-10-13-34-15-18-36(19-16-34)37-20-22-39(46(62)31-37)49(64)55-27-25-47(63)57-43(14-11-12-26-53)51(66)58(3)48(50(65)56-32-33(2)59)38-21-24-45(61)41(30-38)40-28-35(17-23-44(40)60)29-42(54)52(67)68/h15-24,28,30-31,42-43,48,60-62H,4-14,25-27,29,32,53-54H2,1-3H3,(H,55,64)(H,56,65)(H,57,63)(H,67,68)/t42-,43?,48-/m0/s1. The van der Waals surface area contributed by atoms with Gasteiger partial charge in [0.05, 0.1) is 12.1 Å². The number of amides is 4. The third-order valence-electron chi connectivity index (χ3n) is 11.8. The lowest BCUT2D eigenvalue weighted by molar-refractivity contribution is -0.142. The van der Waals surface area contributed by atoms with Crippen molar-refractivity contribution in [3.8, 4) is 39.5 Å². The average Bonchev–Trinajstić information content (AvgIpc) is 3.31. The van der Waals surface area contributed by atoms with Crippen LogP contribution in [0.4, 0.5) is 0 Å². The predicted molar refractivity (Wildman–Crippen MR) is 261 cm³/mol. The molecular weight excluding hydrogens is 869 g/mol. The first-order valence-corrected chi connectivity index (χ1v) is 23.4. The first-order valence-electron chi connectivity index (χ1n) is 23.4. The number of carbonyl (C=O) groups excluding carboxylic acids is 5. The van der Waals surface area contributed by atoms with Crippen molar-refractivity contribution in [3.05, 3.63) is 101 Å². The number of Topliss-reactive ketones (excluding diaryl/α,β-unsaturated/α-hetero) is 1. The summed E-state index contributed by atoms with van der Waals surface area (Å²) in [7, 11) is 1.35. The number of aliphatic carboxylic acids is 1. The SMILES string of the molecule is CCCCCCCCCc1ccc(-c2ccc(C(=O)NCCC(=O)NC(CCCCN)C(=O)N(C)[C@H](C(=O)NCC(C)=O)c3ccc(O)c(-c4cc(C[C@H](N)C(=O)O)ccc4O)c3)c(O)c2)cc1. The summed E-state index contributed by atoms with van der Waals surface area (Å²) >= 11 is 0. The molecule has 16 nitrogen and oxygen atoms in total. The Balaban J connectivity index is 1.45. The minimum absolute atomic E-state index is 0.0259. The summed E-state index contributed by atoms with van der Waals surface area (Å²) in [5, 5.41) is 49.9. The van der Waals surface area contributed by atoms with E-state index in [-0.39, 0.29) is 77.6 Å². The van der Waals surface area contributed by atoms with Crippen LogP contribution < -0.4 is 27.4 Å². The van der Waals surface area contributed by atoms with Gasteiger partial charge < -0.3 is 52.7 Å². The van der Waals surface area contributed by atoms with Gasteiger partial charge in [-0.15, -0.1) is 0 Å². The molecular formula is C52H68N6O10. The summed E-state index contributed by atoms with van der Waals surface area (Å²) in [5.41, 5.74) is 15.1. The molecule has 0 aliphatic heterocycles. The molecule has 0 saturated heterocycles. The van der Waals surface area contributed by atoms with Crippen LogP contribution in [0.1, 0.15) is 118 Å². The Morgan fingerprint density at radius 3 is 1.99 bits per heavy atom. The average molecular weight is 937 g/mol. The van der Waals surface area contributed by atoms with E-state index in [4.69, 9.17) is 11.5 Å². The second-order valence-corrected chi connectivity index (χ2v) is 17.3. The largest absolute Gasteiger partial charge is 0.507 e. The van der Waals surface area contributed by atoms with Gasteiger partial charge >= 0.3 is 5.97 Å². The highest BCUT2D eigenvalue weighted by atomic mass is 16.4. The van der Waals surface area contributed by atoms with Crippen LogP contribution in [0.2, 0.25) is 0 Å². The Labute approximate surface area is 398 Å². The van der Waals surface area contributed by atoms with Gasteiger partial charge in [0.2, 0.25) is 17.7 Å². The molecule has 0 radical (unpaired) electrons. The number of phenols is 3. The second-order valence-electron chi connectivity index (χ2n) is 17.3. The van der Waals surface area contributed by atoms with Gasteiger partial charge in [0, 0.05) is 31.1 Å². The van der Waals surface area contributed by atoms with Gasteiger partial charge in [-0.3, -0.25) is 28.8 Å². The van der Waals surface area contributed by atoms with Gasteiger partial charge in [-0.1, -0.05) is 87.9 Å². The summed E-state index contributed by atoms with van der Waals surface area (Å²) in [6, 6.07) is 17.5. The van der Waals surface area contributed by atoms with Crippen LogP contribution in [0.3, 0.4) is 0 Å². The van der Waals surface area contributed by atoms with Crippen molar-refractivity contribution in [2.75, 3.05) is 26.7 Å². The number of phenolic OH excluding ortho intramolecular Hbond substituents is 3. The molecule has 0 aliphatic rings. The van der Waals surface area contributed by atoms with Crippen molar-refractivity contribution in [3.63, 3.8) is 0 Å². The van der Waals surface area contributed by atoms with Crippen LogP contribution in [0.5, 0.6) is 17.2 Å². The van der Waals surface area contributed by atoms with Gasteiger partial charge in [-0.25, -0.2) is 0 Å². The maximum Gasteiger partial charge on any atom is 0.320 e. The van der Waals surface area contributed by atoms with Crippen LogP contribution >= 0.6 is 0 Å². The Hall–Kier alpha value is -6.78. The fourth-order valence-electron chi connectivity index (χ4n) is 7.89. The summed E-state index contributed by atoms with van der Waals surface area (Å²) in [5.74, 6) is -5.00. The summed E-state index contributed by atoms with van der Waals surface area (Å²) in [6.45, 7) is 3.32. The molecule has 1 unspecified atom stereocenters. The van der Waals surface area contributed by atoms with Gasteiger partial charge in [-0.05, 0) is 116 Å². The van der Waals surface area contributed by atoms with Gasteiger partial charge in [0.1, 0.15) is 41.2 Å². The zero-order chi connectivity index (χ0) is 49.8. The van der Waals surface area contributed by atoms with Crippen molar-refractivity contribution < 1.29 is 49.2 Å². The van der Waals surface area contributed by atoms with Crippen LogP contribution in [0.15, 0.2) is 78.9 Å². The molecule has 4 aromatic carbocycles. The molecule has 4 aromatic rings. The number of aromatic hydroxyl groups is 3. The third kappa shape index (κ3) is 16.2. The lowest BCUT2D eigenvalue weighted by Gasteiger charge is -2.31. The number of carboxylic acids is 1. The van der Waals surface area contributed by atoms with Crippen molar-refractivity contribution in [2.24, 2.45) is 11.5 Å². The highest BCUT2D eigenvalue weighted by Crippen LogP contribution is 2.39. The number of nitrogens with two attached hydrogens (primary N) is 2. The van der Waals surface area contributed by atoms with Gasteiger partial charge in [-0.2, -0.15) is 0 Å². The van der Waals surface area contributed by atoms with E-state index in [9.17, 15) is 49.2 Å². The first-order chi connectivity index (χ1) is 32.5. The maximum absolute atomic E-state index is 14.3. The maximum atomic E-state index is 14.3. The fourth-order valence-corrected chi connectivity index (χ4v) is 7.89. The molecule has 68 heavy (non-hydrogen) atoms. The number of carbonyl (C=O) groups is 6. The Bertz CT molecular complexity index is 2350. The number of hydrogen-bond donors (Lipinski definition) is 9. The minimum atomic E-state index is -1.42. The molecule has 16 heteroatoms. The molecule has 0 aliphatic carbocycles. The smallest absolute Gasteiger partial charge is 0.320 e. The topological polar surface area (TPSA) is 275 Å². The van der Waals surface area contributed by atoms with E-state index in [1.807, 2.05) is 12.1 Å². The lowest BCUT2D eigenvalue weighted by Crippen LogP contribution is -2.51. The third-order valence-corrected chi connectivity index (χ3v) is 11.8. The number of nitrogens with one attached hydrogen (secondary N) is 3. The molecule has 0 bridgehead atoms. The Morgan fingerprint density at radius 2 is 1.34 bits per heavy atom. The minimum Gasteiger partial charge on any atom is -0.507 e. The second kappa shape index (κ2) is 27.1. The number of rotatable bonds is 28. The number of carboxylic acid groups (broad SMARTS) is 1. The van der Waals surface area contributed by atoms with E-state index in [1.165, 1.54) is 107 Å². The van der Waals surface area contributed by atoms with Crippen molar-refractivity contribution in [1.29, 1.82) is 0 Å². The fraction of sp³-hybridized carbons (Fsp3) is 0.423. The van der Waals surface area contributed by atoms with Crippen LogP contribution in [-0.2, 0) is 36.8 Å². The highest BCUT2D eigenvalue weighted by molar-refractivity contribution is 5.98. The molecule has 4 amide bonds. The number of hydrogen-bond acceptors (Lipinski definition) is 11. The molecule has 366 valence electrons. The molecule has 0 aromatic heterocycles. The van der Waals surface area contributed by atoms with Gasteiger partial charge in [0.25, 0.3) is 5.91 Å². The lowest BCUT2D eigenvalue weighted by atomic mass is 9.94. The zero-order valence-electron chi connectivity index (χ0n) is 39.4. The van der Waals surface area contributed by atoms with Gasteiger partial charge in [0.15, 0.2) is 0 Å².